The van der Waals surface area contributed by atoms with Crippen LogP contribution in [0.2, 0.25) is 0 Å². The molecule has 0 aromatic heterocycles. The third-order valence-corrected chi connectivity index (χ3v) is 4.04. The van der Waals surface area contributed by atoms with Crippen molar-refractivity contribution in [3.8, 4) is 0 Å². The zero-order chi connectivity index (χ0) is 15.7. The van der Waals surface area contributed by atoms with Crippen molar-refractivity contribution in [1.29, 1.82) is 0 Å². The molecule has 0 spiro atoms. The van der Waals surface area contributed by atoms with Gasteiger partial charge in [-0.05, 0) is 11.6 Å². The molecule has 1 aromatic rings. The summed E-state index contributed by atoms with van der Waals surface area (Å²) >= 11 is 0. The van der Waals surface area contributed by atoms with Crippen molar-refractivity contribution in [2.75, 3.05) is 19.8 Å². The maximum Gasteiger partial charge on any atom is 0.331 e. The van der Waals surface area contributed by atoms with E-state index in [1.54, 1.807) is 12.1 Å². The van der Waals surface area contributed by atoms with Crippen LogP contribution in [-0.4, -0.2) is 53.1 Å². The van der Waals surface area contributed by atoms with Gasteiger partial charge >= 0.3 is 5.97 Å². The van der Waals surface area contributed by atoms with Gasteiger partial charge in [0.05, 0.1) is 6.61 Å². The number of nitrogens with one attached hydrogen (secondary N) is 1. The standard InChI is InChI=1S/C15H16N2O5/c18-12(16-15(14(20)21)5-6-22-9-15)8-17-7-10-3-1-2-4-11(10)13(17)19/h1-4H,5-9H2,(H,16,18)(H,20,21). The Morgan fingerprint density at radius 3 is 2.77 bits per heavy atom. The molecule has 22 heavy (non-hydrogen) atoms. The molecule has 2 aliphatic rings. The number of carboxylic acid groups (broad SMARTS) is 1. The van der Waals surface area contributed by atoms with Gasteiger partial charge in [0.15, 0.2) is 5.54 Å². The van der Waals surface area contributed by atoms with Gasteiger partial charge in [-0.1, -0.05) is 18.2 Å². The molecular formula is C15H16N2O5. The minimum Gasteiger partial charge on any atom is -0.479 e. The van der Waals surface area contributed by atoms with E-state index in [1.165, 1.54) is 4.90 Å². The van der Waals surface area contributed by atoms with Crippen LogP contribution in [0.4, 0.5) is 0 Å². The molecule has 1 fully saturated rings. The van der Waals surface area contributed by atoms with Gasteiger partial charge in [0.1, 0.15) is 6.54 Å². The molecule has 1 unspecified atom stereocenters. The van der Waals surface area contributed by atoms with Gasteiger partial charge in [-0.2, -0.15) is 0 Å². The molecule has 2 amide bonds. The summed E-state index contributed by atoms with van der Waals surface area (Å²) in [5.41, 5.74) is 0.0806. The number of aliphatic carboxylic acids is 1. The van der Waals surface area contributed by atoms with Gasteiger partial charge in [-0.25, -0.2) is 4.79 Å². The molecule has 2 heterocycles. The number of hydrogen-bond acceptors (Lipinski definition) is 4. The highest BCUT2D eigenvalue weighted by Crippen LogP contribution is 2.23. The SMILES string of the molecule is O=C(CN1Cc2ccccc2C1=O)NC1(C(=O)O)CCOC1. The number of carbonyl (C=O) groups is 3. The zero-order valence-corrected chi connectivity index (χ0v) is 11.9. The van der Waals surface area contributed by atoms with Crippen molar-refractivity contribution in [3.05, 3.63) is 35.4 Å². The highest BCUT2D eigenvalue weighted by atomic mass is 16.5. The van der Waals surface area contributed by atoms with Crippen LogP contribution in [0.25, 0.3) is 0 Å². The van der Waals surface area contributed by atoms with Crippen LogP contribution in [-0.2, 0) is 20.9 Å². The fourth-order valence-electron chi connectivity index (χ4n) is 2.81. The summed E-state index contributed by atoms with van der Waals surface area (Å²) in [6.07, 6.45) is 0.224. The van der Waals surface area contributed by atoms with E-state index in [0.717, 1.165) is 5.56 Å². The fourth-order valence-corrected chi connectivity index (χ4v) is 2.81. The van der Waals surface area contributed by atoms with Crippen LogP contribution >= 0.6 is 0 Å². The van der Waals surface area contributed by atoms with Gasteiger partial charge in [0.25, 0.3) is 5.91 Å². The molecular weight excluding hydrogens is 288 g/mol. The zero-order valence-electron chi connectivity index (χ0n) is 11.9. The number of fused-ring (bicyclic) bond motifs is 1. The van der Waals surface area contributed by atoms with E-state index in [-0.39, 0.29) is 25.5 Å². The summed E-state index contributed by atoms with van der Waals surface area (Å²) in [5.74, 6) is -1.82. The lowest BCUT2D eigenvalue weighted by Crippen LogP contribution is -2.57. The molecule has 7 heteroatoms. The second kappa shape index (κ2) is 5.42. The van der Waals surface area contributed by atoms with Crippen LogP contribution in [0.3, 0.4) is 0 Å². The van der Waals surface area contributed by atoms with Crippen LogP contribution in [0, 0.1) is 0 Å². The third kappa shape index (κ3) is 2.43. The molecule has 0 bridgehead atoms. The van der Waals surface area contributed by atoms with Gasteiger partial charge < -0.3 is 20.1 Å². The summed E-state index contributed by atoms with van der Waals surface area (Å²) in [7, 11) is 0. The first-order valence-electron chi connectivity index (χ1n) is 7.01. The molecule has 1 aromatic carbocycles. The number of carbonyl (C=O) groups excluding carboxylic acids is 2. The summed E-state index contributed by atoms with van der Waals surface area (Å²) in [4.78, 5) is 37.1. The molecule has 116 valence electrons. The number of carboxylic acids is 1. The van der Waals surface area contributed by atoms with Gasteiger partial charge in [-0.3, -0.25) is 9.59 Å². The molecule has 3 rings (SSSR count). The topological polar surface area (TPSA) is 95.9 Å². The monoisotopic (exact) mass is 304 g/mol. The normalized spacial score (nSPS) is 23.5. The Kier molecular flexibility index (Phi) is 3.58. The van der Waals surface area contributed by atoms with E-state index < -0.39 is 17.4 Å². The Bertz CT molecular complexity index is 637. The Balaban J connectivity index is 1.66. The highest BCUT2D eigenvalue weighted by molar-refractivity contribution is 6.00. The summed E-state index contributed by atoms with van der Waals surface area (Å²) in [6, 6.07) is 7.17. The van der Waals surface area contributed by atoms with Crippen molar-refractivity contribution in [1.82, 2.24) is 10.2 Å². The number of nitrogens with zero attached hydrogens (tertiary/aromatic N) is 1. The van der Waals surface area contributed by atoms with E-state index in [1.807, 2.05) is 12.1 Å². The van der Waals surface area contributed by atoms with Crippen molar-refractivity contribution in [2.24, 2.45) is 0 Å². The van der Waals surface area contributed by atoms with Crippen LogP contribution < -0.4 is 5.32 Å². The average Bonchev–Trinajstić information content (AvgIpc) is 3.06. The number of ether oxygens (including phenoxy) is 1. The first-order chi connectivity index (χ1) is 10.5. The van der Waals surface area contributed by atoms with Crippen molar-refractivity contribution >= 4 is 17.8 Å². The Morgan fingerprint density at radius 1 is 1.36 bits per heavy atom. The summed E-state index contributed by atoms with van der Waals surface area (Å²) in [5, 5.41) is 11.8. The quantitative estimate of drug-likeness (QED) is 0.816. The number of benzene rings is 1. The lowest BCUT2D eigenvalue weighted by molar-refractivity contribution is -0.147. The molecule has 0 aliphatic carbocycles. The van der Waals surface area contributed by atoms with E-state index in [9.17, 15) is 19.5 Å². The van der Waals surface area contributed by atoms with Gasteiger partial charge in [-0.15, -0.1) is 0 Å². The minimum absolute atomic E-state index is 0.0533. The number of amides is 2. The number of hydrogen-bond donors (Lipinski definition) is 2. The van der Waals surface area contributed by atoms with Crippen LogP contribution in [0.15, 0.2) is 24.3 Å². The van der Waals surface area contributed by atoms with Crippen molar-refractivity contribution in [3.63, 3.8) is 0 Å². The van der Waals surface area contributed by atoms with Crippen LogP contribution in [0.5, 0.6) is 0 Å². The highest BCUT2D eigenvalue weighted by Gasteiger charge is 2.44. The van der Waals surface area contributed by atoms with Crippen molar-refractivity contribution < 1.29 is 24.2 Å². The molecule has 0 radical (unpaired) electrons. The molecule has 1 saturated heterocycles. The molecule has 7 nitrogen and oxygen atoms in total. The van der Waals surface area contributed by atoms with Gasteiger partial charge in [0, 0.05) is 25.1 Å². The predicted molar refractivity (Wildman–Crippen MR) is 75.1 cm³/mol. The summed E-state index contributed by atoms with van der Waals surface area (Å²) < 4.78 is 5.09. The van der Waals surface area contributed by atoms with E-state index in [2.05, 4.69) is 5.32 Å². The largest absolute Gasteiger partial charge is 0.479 e. The Hall–Kier alpha value is -2.41. The summed E-state index contributed by atoms with van der Waals surface area (Å²) in [6.45, 7) is 0.435. The fraction of sp³-hybridized carbons (Fsp3) is 0.400. The average molecular weight is 304 g/mol. The smallest absolute Gasteiger partial charge is 0.331 e. The molecule has 0 saturated carbocycles. The van der Waals surface area contributed by atoms with E-state index in [0.29, 0.717) is 18.7 Å². The first kappa shape index (κ1) is 14.5. The maximum absolute atomic E-state index is 12.2. The first-order valence-corrected chi connectivity index (χ1v) is 7.01. The lowest BCUT2D eigenvalue weighted by Gasteiger charge is -2.25. The Labute approximate surface area is 126 Å². The molecule has 2 N–H and O–H groups in total. The van der Waals surface area contributed by atoms with E-state index >= 15 is 0 Å². The second-order valence-electron chi connectivity index (χ2n) is 5.56. The van der Waals surface area contributed by atoms with Gasteiger partial charge in [0.2, 0.25) is 5.91 Å². The second-order valence-corrected chi connectivity index (χ2v) is 5.56. The number of rotatable bonds is 4. The van der Waals surface area contributed by atoms with Crippen molar-refractivity contribution in [2.45, 2.75) is 18.5 Å². The third-order valence-electron chi connectivity index (χ3n) is 4.04. The molecule has 2 aliphatic heterocycles. The Morgan fingerprint density at radius 2 is 2.14 bits per heavy atom. The lowest BCUT2D eigenvalue weighted by atomic mass is 9.99. The van der Waals surface area contributed by atoms with E-state index in [4.69, 9.17) is 4.74 Å². The predicted octanol–water partition coefficient (Wildman–Crippen LogP) is 0.00230. The van der Waals surface area contributed by atoms with Crippen LogP contribution in [0.1, 0.15) is 22.3 Å². The molecule has 1 atom stereocenters. The minimum atomic E-state index is -1.38. The maximum atomic E-state index is 12.2.